The zero-order valence-corrected chi connectivity index (χ0v) is 8.30. The summed E-state index contributed by atoms with van der Waals surface area (Å²) in [5.41, 5.74) is 0. The lowest BCUT2D eigenvalue weighted by molar-refractivity contribution is -0.297. The Balaban J connectivity index is 2.84. The molecule has 1 aliphatic rings. The average molecular weight is 214 g/mol. The lowest BCUT2D eigenvalue weighted by Gasteiger charge is -2.09. The van der Waals surface area contributed by atoms with Crippen molar-refractivity contribution >= 4 is 28.9 Å². The average Bonchev–Trinajstić information content (AvgIpc) is 2.32. The topological polar surface area (TPSA) is 77.5 Å². The van der Waals surface area contributed by atoms with E-state index in [-0.39, 0.29) is 4.91 Å². The van der Waals surface area contributed by atoms with Crippen LogP contribution < -0.4 is 5.11 Å². The zero-order chi connectivity index (χ0) is 10.7. The third-order valence-electron chi connectivity index (χ3n) is 1.57. The number of imide groups is 1. The molecule has 0 aromatic rings. The van der Waals surface area contributed by atoms with E-state index in [4.69, 9.17) is 0 Å². The lowest BCUT2D eigenvalue weighted by atomic mass is 10.4. The van der Waals surface area contributed by atoms with Gasteiger partial charge >= 0.3 is 0 Å². The summed E-state index contributed by atoms with van der Waals surface area (Å²) >= 11 is 0.628. The Kier molecular flexibility index (Phi) is 3.29. The number of rotatable bonds is 3. The minimum absolute atomic E-state index is 0.0801. The first-order valence-corrected chi connectivity index (χ1v) is 4.84. The van der Waals surface area contributed by atoms with E-state index in [2.05, 4.69) is 0 Å². The first-order chi connectivity index (χ1) is 6.56. The largest absolute Gasteiger partial charge is 0.545 e. The van der Waals surface area contributed by atoms with E-state index in [0.717, 1.165) is 4.90 Å². The molecule has 1 heterocycles. The fraction of sp³-hybridized carbons (Fsp3) is 0.375. The number of amides is 2. The molecule has 2 amide bonds. The highest BCUT2D eigenvalue weighted by Gasteiger charge is 2.33. The summed E-state index contributed by atoms with van der Waals surface area (Å²) in [4.78, 5) is 33.7. The van der Waals surface area contributed by atoms with Gasteiger partial charge in [0.05, 0.1) is 10.9 Å². The molecule has 1 rings (SSSR count). The predicted octanol–water partition coefficient (Wildman–Crippen LogP) is -0.274. The van der Waals surface area contributed by atoms with Gasteiger partial charge in [0.15, 0.2) is 0 Å². The van der Waals surface area contributed by atoms with E-state index in [9.17, 15) is 19.5 Å². The molecule has 5 nitrogen and oxygen atoms in total. The van der Waals surface area contributed by atoms with Gasteiger partial charge in [0.1, 0.15) is 0 Å². The number of hydrogen-bond acceptors (Lipinski definition) is 5. The van der Waals surface area contributed by atoms with Crippen LogP contribution in [0, 0.1) is 0 Å². The zero-order valence-electron chi connectivity index (χ0n) is 7.48. The van der Waals surface area contributed by atoms with Crippen LogP contribution in [-0.2, 0) is 9.59 Å². The quantitative estimate of drug-likeness (QED) is 0.604. The second kappa shape index (κ2) is 4.28. The second-order valence-corrected chi connectivity index (χ2v) is 3.65. The number of carbonyl (C=O) groups excluding carboxylic acids is 3. The summed E-state index contributed by atoms with van der Waals surface area (Å²) in [5.74, 6) is -2.02. The number of nitrogens with zero attached hydrogens (tertiary/aromatic N) is 1. The van der Waals surface area contributed by atoms with Crippen LogP contribution in [-0.4, -0.2) is 28.6 Å². The van der Waals surface area contributed by atoms with Crippen LogP contribution in [0.1, 0.15) is 13.3 Å². The molecule has 6 heteroatoms. The van der Waals surface area contributed by atoms with Crippen molar-refractivity contribution in [1.82, 2.24) is 4.90 Å². The number of carboxylic acid groups (broad SMARTS) is 1. The van der Waals surface area contributed by atoms with Gasteiger partial charge in [-0.3, -0.25) is 14.5 Å². The maximum Gasteiger partial charge on any atom is 0.293 e. The molecular formula is C8H8NO4S-. The van der Waals surface area contributed by atoms with Crippen molar-refractivity contribution in [2.45, 2.75) is 13.3 Å². The summed E-state index contributed by atoms with van der Waals surface area (Å²) in [6.07, 6.45) is 1.30. The number of carbonyl (C=O) groups is 3. The minimum atomic E-state index is -1.47. The first kappa shape index (κ1) is 10.8. The van der Waals surface area contributed by atoms with E-state index < -0.39 is 17.1 Å². The fourth-order valence-corrected chi connectivity index (χ4v) is 1.85. The van der Waals surface area contributed by atoms with Gasteiger partial charge in [-0.25, -0.2) is 0 Å². The molecule has 0 unspecified atom stereocenters. The smallest absolute Gasteiger partial charge is 0.293 e. The molecule has 76 valence electrons. The van der Waals surface area contributed by atoms with Crippen molar-refractivity contribution in [3.63, 3.8) is 0 Å². The predicted molar refractivity (Wildman–Crippen MR) is 48.1 cm³/mol. The highest BCUT2D eigenvalue weighted by atomic mass is 32.2. The van der Waals surface area contributed by atoms with Gasteiger partial charge in [0.2, 0.25) is 0 Å². The lowest BCUT2D eigenvalue weighted by Crippen LogP contribution is -2.29. The summed E-state index contributed by atoms with van der Waals surface area (Å²) < 4.78 is 0. The van der Waals surface area contributed by atoms with Crippen molar-refractivity contribution in [3.8, 4) is 0 Å². The standard InChI is InChI=1S/C8H9NO4S/c1-2-3-9-7(12)5(4-6(10)11)14-8(9)13/h4H,2-3H2,1H3,(H,10,11)/p-1/b5-4-. The third kappa shape index (κ3) is 2.14. The summed E-state index contributed by atoms with van der Waals surface area (Å²) in [6, 6.07) is 0. The molecule has 0 atom stereocenters. The van der Waals surface area contributed by atoms with Crippen molar-refractivity contribution in [1.29, 1.82) is 0 Å². The summed E-state index contributed by atoms with van der Waals surface area (Å²) in [5, 5.41) is 9.76. The molecular weight excluding hydrogens is 206 g/mol. The van der Waals surface area contributed by atoms with E-state index >= 15 is 0 Å². The van der Waals surface area contributed by atoms with Crippen LogP contribution in [0.15, 0.2) is 11.0 Å². The van der Waals surface area contributed by atoms with Gasteiger partial charge in [-0.2, -0.15) is 0 Å². The van der Waals surface area contributed by atoms with E-state index in [1.165, 1.54) is 0 Å². The van der Waals surface area contributed by atoms with Gasteiger partial charge < -0.3 is 9.90 Å². The normalized spacial score (nSPS) is 19.5. The molecule has 1 fully saturated rings. The van der Waals surface area contributed by atoms with E-state index in [0.29, 0.717) is 30.8 Å². The summed E-state index contributed by atoms with van der Waals surface area (Å²) in [7, 11) is 0. The van der Waals surface area contributed by atoms with Gasteiger partial charge in [-0.05, 0) is 24.3 Å². The molecule has 0 N–H and O–H groups in total. The van der Waals surface area contributed by atoms with E-state index in [1.54, 1.807) is 0 Å². The SMILES string of the molecule is CCCN1C(=O)S/C(=C\C(=O)[O-])C1=O. The Hall–Kier alpha value is -1.30. The molecule has 0 aromatic carbocycles. The van der Waals surface area contributed by atoms with E-state index in [1.807, 2.05) is 6.92 Å². The molecule has 1 aliphatic heterocycles. The number of hydrogen-bond donors (Lipinski definition) is 0. The van der Waals surface area contributed by atoms with Crippen LogP contribution in [0.3, 0.4) is 0 Å². The Bertz CT molecular complexity index is 323. The molecule has 0 aliphatic carbocycles. The van der Waals surface area contributed by atoms with Gasteiger partial charge in [0.25, 0.3) is 11.1 Å². The third-order valence-corrected chi connectivity index (χ3v) is 2.48. The van der Waals surface area contributed by atoms with Crippen molar-refractivity contribution in [3.05, 3.63) is 11.0 Å². The van der Waals surface area contributed by atoms with Crippen LogP contribution in [0.2, 0.25) is 0 Å². The molecule has 0 saturated carbocycles. The molecule has 0 aromatic heterocycles. The van der Waals surface area contributed by atoms with Crippen molar-refractivity contribution < 1.29 is 19.5 Å². The van der Waals surface area contributed by atoms with Crippen LogP contribution in [0.5, 0.6) is 0 Å². The van der Waals surface area contributed by atoms with Crippen LogP contribution in [0.4, 0.5) is 4.79 Å². The van der Waals surface area contributed by atoms with Crippen LogP contribution >= 0.6 is 11.8 Å². The molecule has 0 spiro atoms. The monoisotopic (exact) mass is 214 g/mol. The Morgan fingerprint density at radius 3 is 2.71 bits per heavy atom. The van der Waals surface area contributed by atoms with Crippen molar-refractivity contribution in [2.24, 2.45) is 0 Å². The maximum absolute atomic E-state index is 11.4. The highest BCUT2D eigenvalue weighted by Crippen LogP contribution is 2.30. The van der Waals surface area contributed by atoms with Crippen LogP contribution in [0.25, 0.3) is 0 Å². The van der Waals surface area contributed by atoms with Gasteiger partial charge in [-0.1, -0.05) is 6.92 Å². The van der Waals surface area contributed by atoms with Gasteiger partial charge in [-0.15, -0.1) is 0 Å². The highest BCUT2D eigenvalue weighted by molar-refractivity contribution is 8.18. The van der Waals surface area contributed by atoms with Gasteiger partial charge in [0, 0.05) is 6.54 Å². The maximum atomic E-state index is 11.4. The number of thioether (sulfide) groups is 1. The number of carboxylic acids is 1. The molecule has 0 bridgehead atoms. The van der Waals surface area contributed by atoms with Crippen molar-refractivity contribution in [2.75, 3.05) is 6.54 Å². The summed E-state index contributed by atoms with van der Waals surface area (Å²) in [6.45, 7) is 2.14. The minimum Gasteiger partial charge on any atom is -0.545 e. The Morgan fingerprint density at radius 1 is 1.57 bits per heavy atom. The molecule has 14 heavy (non-hydrogen) atoms. The second-order valence-electron chi connectivity index (χ2n) is 2.65. The Morgan fingerprint density at radius 2 is 2.21 bits per heavy atom. The fourth-order valence-electron chi connectivity index (χ4n) is 1.02. The molecule has 0 radical (unpaired) electrons. The Labute approximate surface area is 84.8 Å². The molecule has 1 saturated heterocycles. The first-order valence-electron chi connectivity index (χ1n) is 4.02. The number of aliphatic carboxylic acids is 1.